The van der Waals surface area contributed by atoms with Crippen LogP contribution < -0.4 is 0 Å². The van der Waals surface area contributed by atoms with Crippen LogP contribution in [0.5, 0.6) is 0 Å². The molecular weight excluding hydrogens is 132 g/mol. The largest absolute Gasteiger partial charge is 0.364 e. The van der Waals surface area contributed by atoms with E-state index in [1.807, 2.05) is 0 Å². The molecule has 0 atom stereocenters. The molecule has 0 saturated heterocycles. The topological polar surface area (TPSA) is 52.1 Å². The number of hydrogen-bond acceptors (Lipinski definition) is 4. The van der Waals surface area contributed by atoms with Crippen molar-refractivity contribution in [1.82, 2.24) is 10.3 Å². The van der Waals surface area contributed by atoms with Crippen molar-refractivity contribution in [3.63, 3.8) is 0 Å². The van der Waals surface area contributed by atoms with Gasteiger partial charge in [-0.1, -0.05) is 10.3 Å². The predicted molar refractivity (Wildman–Crippen MR) is 32.0 cm³/mol. The Morgan fingerprint density at radius 1 is 1.30 bits per heavy atom. The minimum absolute atomic E-state index is 0.619. The Labute approximate surface area is 56.4 Å². The molecule has 0 amide bonds. The van der Waals surface area contributed by atoms with E-state index in [-0.39, 0.29) is 0 Å². The van der Waals surface area contributed by atoms with Gasteiger partial charge < -0.3 is 9.05 Å². The highest BCUT2D eigenvalue weighted by atomic mass is 16.5. The van der Waals surface area contributed by atoms with Crippen molar-refractivity contribution in [2.24, 2.45) is 0 Å². The Morgan fingerprint density at radius 3 is 2.90 bits per heavy atom. The molecule has 2 rings (SSSR count). The molecule has 4 heteroatoms. The van der Waals surface area contributed by atoms with E-state index in [1.165, 1.54) is 6.26 Å². The van der Waals surface area contributed by atoms with Gasteiger partial charge in [0.15, 0.2) is 11.5 Å². The molecule has 2 aromatic heterocycles. The fraction of sp³-hybridized carbons (Fsp3) is 0. The minimum Gasteiger partial charge on any atom is -0.364 e. The van der Waals surface area contributed by atoms with Crippen LogP contribution in [0.1, 0.15) is 0 Å². The van der Waals surface area contributed by atoms with Crippen LogP contribution >= 0.6 is 0 Å². The van der Waals surface area contributed by atoms with Gasteiger partial charge >= 0.3 is 0 Å². The van der Waals surface area contributed by atoms with Crippen LogP contribution in [0, 0.1) is 0 Å². The molecule has 0 aliphatic rings. The molecule has 0 N–H and O–H groups in total. The molecule has 2 aromatic rings. The first-order valence-corrected chi connectivity index (χ1v) is 2.78. The summed E-state index contributed by atoms with van der Waals surface area (Å²) in [6.07, 6.45) is 3.04. The quantitative estimate of drug-likeness (QED) is 0.593. The fourth-order valence-corrected chi connectivity index (χ4v) is 0.688. The van der Waals surface area contributed by atoms with Gasteiger partial charge in [-0.3, -0.25) is 0 Å². The van der Waals surface area contributed by atoms with E-state index in [9.17, 15) is 0 Å². The Kier molecular flexibility index (Phi) is 1.04. The molecule has 0 fully saturated rings. The molecule has 0 radical (unpaired) electrons. The summed E-state index contributed by atoms with van der Waals surface area (Å²) in [4.78, 5) is 0. The first-order valence-electron chi connectivity index (χ1n) is 2.78. The Morgan fingerprint density at radius 2 is 2.30 bits per heavy atom. The van der Waals surface area contributed by atoms with E-state index < -0.39 is 0 Å². The molecule has 0 unspecified atom stereocenters. The third-order valence-electron chi connectivity index (χ3n) is 1.13. The predicted octanol–water partition coefficient (Wildman–Crippen LogP) is 1.33. The van der Waals surface area contributed by atoms with Crippen LogP contribution in [-0.2, 0) is 0 Å². The third kappa shape index (κ3) is 0.699. The maximum Gasteiger partial charge on any atom is 0.188 e. The zero-order valence-electron chi connectivity index (χ0n) is 5.02. The molecule has 0 aliphatic heterocycles. The number of hydrogen-bond donors (Lipinski definition) is 0. The summed E-state index contributed by atoms with van der Waals surface area (Å²) in [5.41, 5.74) is 0.664. The van der Waals surface area contributed by atoms with E-state index in [4.69, 9.17) is 4.52 Å². The van der Waals surface area contributed by atoms with Gasteiger partial charge in [0, 0.05) is 12.1 Å². The normalized spacial score (nSPS) is 10.0. The molecule has 4 nitrogen and oxygen atoms in total. The summed E-state index contributed by atoms with van der Waals surface area (Å²) in [7, 11) is 0. The van der Waals surface area contributed by atoms with Crippen LogP contribution in [-0.4, -0.2) is 10.3 Å². The monoisotopic (exact) mass is 136 g/mol. The molecule has 0 aromatic carbocycles. The second-order valence-corrected chi connectivity index (χ2v) is 1.76. The van der Waals surface area contributed by atoms with E-state index in [0.717, 1.165) is 0 Å². The summed E-state index contributed by atoms with van der Waals surface area (Å²) in [5, 5.41) is 7.17. The van der Waals surface area contributed by atoms with E-state index in [0.29, 0.717) is 11.5 Å². The molecule has 0 bridgehead atoms. The maximum absolute atomic E-state index is 4.81. The molecule has 0 aliphatic carbocycles. The van der Waals surface area contributed by atoms with Crippen molar-refractivity contribution in [3.05, 3.63) is 24.6 Å². The van der Waals surface area contributed by atoms with Crippen molar-refractivity contribution in [1.29, 1.82) is 0 Å². The smallest absolute Gasteiger partial charge is 0.188 e. The zero-order valence-corrected chi connectivity index (χ0v) is 5.02. The Hall–Kier alpha value is -1.58. The number of nitrogens with zero attached hydrogens (tertiary/aromatic N) is 2. The van der Waals surface area contributed by atoms with Gasteiger partial charge in [-0.25, -0.2) is 0 Å². The van der Waals surface area contributed by atoms with E-state index in [1.54, 1.807) is 18.3 Å². The van der Waals surface area contributed by atoms with Crippen LogP contribution in [0.2, 0.25) is 0 Å². The number of aromatic nitrogens is 2. The van der Waals surface area contributed by atoms with Crippen LogP contribution in [0.25, 0.3) is 11.5 Å². The molecule has 10 heavy (non-hydrogen) atoms. The van der Waals surface area contributed by atoms with Gasteiger partial charge in [0.2, 0.25) is 0 Å². The van der Waals surface area contributed by atoms with Crippen LogP contribution in [0.15, 0.2) is 33.6 Å². The van der Waals surface area contributed by atoms with Crippen molar-refractivity contribution >= 4 is 0 Å². The average Bonchev–Trinajstić information content (AvgIpc) is 2.59. The highest BCUT2D eigenvalue weighted by Crippen LogP contribution is 2.14. The first-order chi connectivity index (χ1) is 4.97. The summed E-state index contributed by atoms with van der Waals surface area (Å²) in [5.74, 6) is 0.619. The van der Waals surface area contributed by atoms with Gasteiger partial charge in [-0.2, -0.15) is 0 Å². The summed E-state index contributed by atoms with van der Waals surface area (Å²) in [6.45, 7) is 0. The summed E-state index contributed by atoms with van der Waals surface area (Å²) < 4.78 is 9.41. The molecule has 50 valence electrons. The van der Waals surface area contributed by atoms with Gasteiger partial charge in [-0.05, 0) is 0 Å². The lowest BCUT2D eigenvalue weighted by Crippen LogP contribution is -1.68. The lowest BCUT2D eigenvalue weighted by molar-refractivity contribution is 0.406. The SMILES string of the molecule is c1cc(-c2ccon2)on1. The van der Waals surface area contributed by atoms with Crippen molar-refractivity contribution in [3.8, 4) is 11.5 Å². The molecule has 2 heterocycles. The average molecular weight is 136 g/mol. The van der Waals surface area contributed by atoms with Gasteiger partial charge in [-0.15, -0.1) is 0 Å². The molecule has 0 saturated carbocycles. The number of rotatable bonds is 1. The highest BCUT2D eigenvalue weighted by Gasteiger charge is 2.02. The standard InChI is InChI=1S/C6H4N2O2/c1-3-7-10-6(1)5-2-4-9-8-5/h1-4H. The zero-order chi connectivity index (χ0) is 6.81. The van der Waals surface area contributed by atoms with Crippen molar-refractivity contribution in [2.45, 2.75) is 0 Å². The Balaban J connectivity index is 2.48. The fourth-order valence-electron chi connectivity index (χ4n) is 0.688. The van der Waals surface area contributed by atoms with Gasteiger partial charge in [0.05, 0.1) is 6.20 Å². The molecule has 0 spiro atoms. The van der Waals surface area contributed by atoms with Gasteiger partial charge in [0.25, 0.3) is 0 Å². The second kappa shape index (κ2) is 1.98. The van der Waals surface area contributed by atoms with E-state index in [2.05, 4.69) is 14.8 Å². The van der Waals surface area contributed by atoms with Crippen LogP contribution in [0.3, 0.4) is 0 Å². The lowest BCUT2D eigenvalue weighted by atomic mass is 10.3. The lowest BCUT2D eigenvalue weighted by Gasteiger charge is -1.79. The van der Waals surface area contributed by atoms with Crippen LogP contribution in [0.4, 0.5) is 0 Å². The van der Waals surface area contributed by atoms with Crippen molar-refractivity contribution in [2.75, 3.05) is 0 Å². The first kappa shape index (κ1) is 5.22. The minimum atomic E-state index is 0.619. The second-order valence-electron chi connectivity index (χ2n) is 1.76. The Bertz CT molecular complexity index is 253. The molecular formula is C6H4N2O2. The summed E-state index contributed by atoms with van der Waals surface area (Å²) in [6, 6.07) is 3.43. The van der Waals surface area contributed by atoms with Gasteiger partial charge in [0.1, 0.15) is 6.26 Å². The highest BCUT2D eigenvalue weighted by molar-refractivity contribution is 5.48. The van der Waals surface area contributed by atoms with E-state index >= 15 is 0 Å². The maximum atomic E-state index is 4.81. The van der Waals surface area contributed by atoms with Crippen molar-refractivity contribution < 1.29 is 9.05 Å². The summed E-state index contributed by atoms with van der Waals surface area (Å²) >= 11 is 0. The third-order valence-corrected chi connectivity index (χ3v) is 1.13.